The molecule has 0 bridgehead atoms. The van der Waals surface area contributed by atoms with E-state index in [9.17, 15) is 4.79 Å². The smallest absolute Gasteiger partial charge is 0.299 e. The average molecular weight is 472 g/mol. The molecule has 1 aliphatic rings. The number of hydrogen-bond donors (Lipinski definition) is 3. The van der Waals surface area contributed by atoms with Gasteiger partial charge in [-0.05, 0) is 81.2 Å². The first-order valence-electron chi connectivity index (χ1n) is 11.9. The molecule has 4 aromatic rings. The number of piperidine rings is 1. The molecule has 0 spiro atoms. The second kappa shape index (κ2) is 10.2. The van der Waals surface area contributed by atoms with Crippen LogP contribution in [-0.4, -0.2) is 34.1 Å². The molecule has 1 atom stereocenters. The third kappa shape index (κ3) is 5.34. The molecule has 0 radical (unpaired) electrons. The molecule has 1 unspecified atom stereocenters. The van der Waals surface area contributed by atoms with E-state index >= 15 is 0 Å². The first kappa shape index (κ1) is 23.0. The summed E-state index contributed by atoms with van der Waals surface area (Å²) >= 11 is 0. The van der Waals surface area contributed by atoms with Gasteiger partial charge in [-0.25, -0.2) is 4.98 Å². The highest BCUT2D eigenvalue weighted by Gasteiger charge is 2.18. The fraction of sp³-hybridized carbons (Fsp3) is 0.296. The van der Waals surface area contributed by atoms with Gasteiger partial charge in [0.05, 0.1) is 29.7 Å². The second-order valence-electron chi connectivity index (χ2n) is 8.80. The highest BCUT2D eigenvalue weighted by atomic mass is 16.5. The van der Waals surface area contributed by atoms with Gasteiger partial charge in [0.2, 0.25) is 0 Å². The van der Waals surface area contributed by atoms with Gasteiger partial charge in [0.1, 0.15) is 0 Å². The quantitative estimate of drug-likeness (QED) is 0.349. The zero-order valence-electron chi connectivity index (χ0n) is 19.9. The van der Waals surface area contributed by atoms with E-state index in [1.54, 1.807) is 30.7 Å². The fourth-order valence-corrected chi connectivity index (χ4v) is 4.26. The highest BCUT2D eigenvalue weighted by molar-refractivity contribution is 5.67. The molecule has 0 saturated carbocycles. The van der Waals surface area contributed by atoms with Crippen LogP contribution in [-0.2, 0) is 4.74 Å². The lowest BCUT2D eigenvalue weighted by Gasteiger charge is -2.27. The topological polar surface area (TPSA) is 105 Å². The predicted octanol–water partition coefficient (Wildman–Crippen LogP) is 4.97. The Balaban J connectivity index is 1.33. The first-order chi connectivity index (χ1) is 17.1. The van der Waals surface area contributed by atoms with Crippen molar-refractivity contribution in [2.75, 3.05) is 18.4 Å². The summed E-state index contributed by atoms with van der Waals surface area (Å²) in [4.78, 5) is 23.6. The van der Waals surface area contributed by atoms with Crippen LogP contribution in [0.25, 0.3) is 22.6 Å². The zero-order valence-corrected chi connectivity index (χ0v) is 19.9. The van der Waals surface area contributed by atoms with Crippen LogP contribution in [0.3, 0.4) is 0 Å². The molecule has 4 heterocycles. The maximum absolute atomic E-state index is 12.1. The number of aromatic amines is 1. The summed E-state index contributed by atoms with van der Waals surface area (Å²) in [6, 6.07) is 13.8. The lowest BCUT2D eigenvalue weighted by molar-refractivity contribution is -0.0186. The van der Waals surface area contributed by atoms with Gasteiger partial charge in [-0.3, -0.25) is 9.78 Å². The normalized spacial score (nSPS) is 15.1. The Hall–Kier alpha value is -3.75. The monoisotopic (exact) mass is 471 g/mol. The fourth-order valence-electron chi connectivity index (χ4n) is 4.26. The first-order valence-corrected chi connectivity index (χ1v) is 11.9. The Labute approximate surface area is 203 Å². The zero-order chi connectivity index (χ0) is 24.2. The number of hydrogen-bond acceptors (Lipinski definition) is 7. The third-order valence-electron chi connectivity index (χ3n) is 6.30. The highest BCUT2D eigenvalue weighted by Crippen LogP contribution is 2.30. The number of ether oxygens (including phenoxy) is 1. The minimum absolute atomic E-state index is 0.00394. The van der Waals surface area contributed by atoms with E-state index in [4.69, 9.17) is 9.15 Å². The Bertz CT molecular complexity index is 1360. The van der Waals surface area contributed by atoms with Crippen molar-refractivity contribution in [3.05, 3.63) is 82.5 Å². The third-order valence-corrected chi connectivity index (χ3v) is 6.30. The molecule has 35 heavy (non-hydrogen) atoms. The van der Waals surface area contributed by atoms with Crippen molar-refractivity contribution in [2.45, 2.75) is 38.9 Å². The minimum atomic E-state index is -0.189. The average Bonchev–Trinajstić information content (AvgIpc) is 3.35. The number of nitrogens with one attached hydrogen (secondary N) is 3. The molecule has 1 saturated heterocycles. The van der Waals surface area contributed by atoms with Gasteiger partial charge in [-0.15, -0.1) is 0 Å². The van der Waals surface area contributed by atoms with Gasteiger partial charge < -0.3 is 24.8 Å². The van der Waals surface area contributed by atoms with Crippen LogP contribution < -0.4 is 16.2 Å². The van der Waals surface area contributed by atoms with E-state index in [0.29, 0.717) is 23.0 Å². The van der Waals surface area contributed by atoms with Gasteiger partial charge in [0, 0.05) is 23.6 Å². The van der Waals surface area contributed by atoms with Gasteiger partial charge in [0.25, 0.3) is 11.6 Å². The second-order valence-corrected chi connectivity index (χ2v) is 8.80. The number of H-pyrrole nitrogens is 1. The van der Waals surface area contributed by atoms with Crippen molar-refractivity contribution in [3.8, 4) is 22.6 Å². The van der Waals surface area contributed by atoms with Crippen LogP contribution in [0, 0.1) is 6.92 Å². The molecule has 1 aromatic carbocycles. The van der Waals surface area contributed by atoms with Crippen LogP contribution in [0.4, 0.5) is 11.7 Å². The van der Waals surface area contributed by atoms with Crippen LogP contribution in [0.1, 0.15) is 37.0 Å². The summed E-state index contributed by atoms with van der Waals surface area (Å²) in [6.45, 7) is 6.15. The number of benzene rings is 1. The lowest BCUT2D eigenvalue weighted by Crippen LogP contribution is -2.33. The van der Waals surface area contributed by atoms with Crippen molar-refractivity contribution in [3.63, 3.8) is 0 Å². The molecule has 180 valence electrons. The molecular formula is C27H29N5O3. The number of rotatable bonds is 7. The molecular weight excluding hydrogens is 442 g/mol. The van der Waals surface area contributed by atoms with Gasteiger partial charge in [-0.2, -0.15) is 0 Å². The van der Waals surface area contributed by atoms with Crippen molar-refractivity contribution >= 4 is 11.7 Å². The summed E-state index contributed by atoms with van der Waals surface area (Å²) in [6.07, 6.45) is 7.28. The summed E-state index contributed by atoms with van der Waals surface area (Å²) < 4.78 is 12.3. The molecule has 5 rings (SSSR count). The maximum atomic E-state index is 12.1. The number of anilines is 2. The van der Waals surface area contributed by atoms with Crippen LogP contribution in [0.15, 0.2) is 70.3 Å². The molecule has 0 aliphatic carbocycles. The van der Waals surface area contributed by atoms with E-state index in [-0.39, 0.29) is 17.8 Å². The van der Waals surface area contributed by atoms with Gasteiger partial charge in [0.15, 0.2) is 5.76 Å². The van der Waals surface area contributed by atoms with Crippen molar-refractivity contribution in [1.82, 2.24) is 20.3 Å². The molecule has 3 aromatic heterocycles. The van der Waals surface area contributed by atoms with Gasteiger partial charge >= 0.3 is 0 Å². The number of oxazole rings is 1. The molecule has 8 heteroatoms. The van der Waals surface area contributed by atoms with E-state index in [1.165, 1.54) is 0 Å². The Kier molecular flexibility index (Phi) is 6.74. The number of pyridine rings is 2. The minimum Gasteiger partial charge on any atom is -0.423 e. The standard InChI is InChI=1S/C27H29N5O3/c1-17-5-6-19(18(2)34-21-8-11-28-12-9-21)14-23(17)32-27-31-16-25(35-27)20-7-13-29-24(15-20)22-4-3-10-30-26(22)33/h3-7,10,13-16,18,21,28H,8-9,11-12H2,1-2H3,(H,30,33)(H,31,32). The van der Waals surface area contributed by atoms with Crippen molar-refractivity contribution in [2.24, 2.45) is 0 Å². The van der Waals surface area contributed by atoms with Gasteiger partial charge in [-0.1, -0.05) is 12.1 Å². The summed E-state index contributed by atoms with van der Waals surface area (Å²) in [5.41, 5.74) is 4.77. The van der Waals surface area contributed by atoms with Crippen molar-refractivity contribution in [1.29, 1.82) is 0 Å². The van der Waals surface area contributed by atoms with Crippen LogP contribution in [0.2, 0.25) is 0 Å². The van der Waals surface area contributed by atoms with Crippen LogP contribution in [0.5, 0.6) is 0 Å². The SMILES string of the molecule is Cc1ccc(C(C)OC2CCNCC2)cc1Nc1ncc(-c2ccnc(-c3ccc[nH]c3=O)c2)o1. The predicted molar refractivity (Wildman–Crippen MR) is 136 cm³/mol. The molecule has 0 amide bonds. The van der Waals surface area contributed by atoms with E-state index in [1.807, 2.05) is 19.1 Å². The Morgan fingerprint density at radius 3 is 2.83 bits per heavy atom. The van der Waals surface area contributed by atoms with E-state index in [2.05, 4.69) is 50.7 Å². The molecule has 1 fully saturated rings. The summed E-state index contributed by atoms with van der Waals surface area (Å²) in [7, 11) is 0. The number of aromatic nitrogens is 3. The van der Waals surface area contributed by atoms with E-state index < -0.39 is 0 Å². The molecule has 3 N–H and O–H groups in total. The Morgan fingerprint density at radius 2 is 2.00 bits per heavy atom. The molecule has 8 nitrogen and oxygen atoms in total. The lowest BCUT2D eigenvalue weighted by atomic mass is 10.0. The number of aryl methyl sites for hydroxylation is 1. The summed E-state index contributed by atoms with van der Waals surface area (Å²) in [5.74, 6) is 0.583. The van der Waals surface area contributed by atoms with E-state index in [0.717, 1.165) is 48.3 Å². The van der Waals surface area contributed by atoms with Crippen molar-refractivity contribution < 1.29 is 9.15 Å². The Morgan fingerprint density at radius 1 is 1.14 bits per heavy atom. The largest absolute Gasteiger partial charge is 0.423 e. The summed E-state index contributed by atoms with van der Waals surface area (Å²) in [5, 5.41) is 6.68. The molecule has 1 aliphatic heterocycles. The number of nitrogens with zero attached hydrogens (tertiary/aromatic N) is 2. The maximum Gasteiger partial charge on any atom is 0.299 e. The van der Waals surface area contributed by atoms with Crippen LogP contribution >= 0.6 is 0 Å².